The van der Waals surface area contributed by atoms with Gasteiger partial charge in [-0.3, -0.25) is 0 Å². The zero-order valence-electron chi connectivity index (χ0n) is 6.96. The van der Waals surface area contributed by atoms with Crippen LogP contribution in [0.4, 0.5) is 0 Å². The maximum absolute atomic E-state index is 10.4. The topological polar surface area (TPSA) is 17.1 Å². The van der Waals surface area contributed by atoms with Crippen LogP contribution in [0.2, 0.25) is 5.02 Å². The van der Waals surface area contributed by atoms with Crippen molar-refractivity contribution in [1.29, 1.82) is 0 Å². The lowest BCUT2D eigenvalue weighted by atomic mass is 10.0. The largest absolute Gasteiger partial charge is 0.303 e. The van der Waals surface area contributed by atoms with E-state index in [-0.39, 0.29) is 5.92 Å². The summed E-state index contributed by atoms with van der Waals surface area (Å²) in [5, 5.41) is 0.734. The number of hydrogen-bond donors (Lipinski definition) is 0. The summed E-state index contributed by atoms with van der Waals surface area (Å²) < 4.78 is 0. The summed E-state index contributed by atoms with van der Waals surface area (Å²) in [5.41, 5.74) is 1.15. The summed E-state index contributed by atoms with van der Waals surface area (Å²) >= 11 is 5.71. The van der Waals surface area contributed by atoms with Crippen LogP contribution in [0.3, 0.4) is 0 Å². The van der Waals surface area contributed by atoms with Crippen LogP contribution in [0.5, 0.6) is 0 Å². The molecule has 1 aromatic rings. The molecule has 1 aromatic carbocycles. The van der Waals surface area contributed by atoms with E-state index in [0.29, 0.717) is 0 Å². The van der Waals surface area contributed by atoms with Crippen LogP contribution in [0.1, 0.15) is 12.5 Å². The quantitative estimate of drug-likeness (QED) is 0.657. The number of carbonyl (C=O) groups is 1. The number of aldehydes is 1. The highest BCUT2D eigenvalue weighted by atomic mass is 35.5. The summed E-state index contributed by atoms with van der Waals surface area (Å²) in [5.74, 6) is 0.0891. The zero-order chi connectivity index (χ0) is 8.97. The number of hydrogen-bond acceptors (Lipinski definition) is 1. The van der Waals surface area contributed by atoms with E-state index < -0.39 is 0 Å². The maximum Gasteiger partial charge on any atom is 0.123 e. The van der Waals surface area contributed by atoms with E-state index in [1.54, 1.807) is 0 Å². The van der Waals surface area contributed by atoms with Gasteiger partial charge in [0.15, 0.2) is 0 Å². The molecule has 1 atom stereocenters. The van der Waals surface area contributed by atoms with Crippen LogP contribution in [-0.4, -0.2) is 6.29 Å². The van der Waals surface area contributed by atoms with Gasteiger partial charge in [-0.15, -0.1) is 0 Å². The summed E-state index contributed by atoms with van der Waals surface area (Å²) in [6.07, 6.45) is 1.76. The molecule has 0 spiro atoms. The zero-order valence-corrected chi connectivity index (χ0v) is 7.71. The van der Waals surface area contributed by atoms with Crippen LogP contribution in [0, 0.1) is 5.92 Å². The highest BCUT2D eigenvalue weighted by molar-refractivity contribution is 6.30. The third-order valence-corrected chi connectivity index (χ3v) is 1.96. The molecule has 0 aromatic heterocycles. The Morgan fingerprint density at radius 2 is 2.00 bits per heavy atom. The Hall–Kier alpha value is -0.820. The normalized spacial score (nSPS) is 12.5. The number of carbonyl (C=O) groups excluding carboxylic acids is 1. The molecule has 0 unspecified atom stereocenters. The Morgan fingerprint density at radius 1 is 1.42 bits per heavy atom. The predicted molar refractivity (Wildman–Crippen MR) is 50.4 cm³/mol. The lowest BCUT2D eigenvalue weighted by Crippen LogP contribution is -1.99. The number of rotatable bonds is 3. The minimum Gasteiger partial charge on any atom is -0.303 e. The molecular weight excluding hydrogens is 172 g/mol. The Kier molecular flexibility index (Phi) is 3.30. The monoisotopic (exact) mass is 182 g/mol. The summed E-state index contributed by atoms with van der Waals surface area (Å²) in [7, 11) is 0. The van der Waals surface area contributed by atoms with E-state index >= 15 is 0 Å². The Bertz CT molecular complexity index is 253. The first-order valence-corrected chi connectivity index (χ1v) is 4.30. The molecule has 0 aliphatic heterocycles. The van der Waals surface area contributed by atoms with Gasteiger partial charge in [0.1, 0.15) is 6.29 Å². The first kappa shape index (κ1) is 9.27. The van der Waals surface area contributed by atoms with Crippen molar-refractivity contribution in [2.75, 3.05) is 0 Å². The number of halogens is 1. The standard InChI is InChI=1S/C10H11ClO/c1-8(7-12)6-9-2-4-10(11)5-3-9/h2-5,7-8H,6H2,1H3/t8-/m1/s1. The van der Waals surface area contributed by atoms with E-state index in [2.05, 4.69) is 0 Å². The molecular formula is C10H11ClO. The molecule has 1 nitrogen and oxygen atoms in total. The van der Waals surface area contributed by atoms with Crippen LogP contribution < -0.4 is 0 Å². The van der Waals surface area contributed by atoms with Crippen molar-refractivity contribution in [3.8, 4) is 0 Å². The molecule has 2 heteroatoms. The van der Waals surface area contributed by atoms with E-state index in [0.717, 1.165) is 23.3 Å². The van der Waals surface area contributed by atoms with Crippen molar-refractivity contribution in [3.63, 3.8) is 0 Å². The molecule has 0 fully saturated rings. The second-order valence-corrected chi connectivity index (χ2v) is 3.38. The molecule has 0 aliphatic carbocycles. The molecule has 0 saturated carbocycles. The second-order valence-electron chi connectivity index (χ2n) is 2.94. The van der Waals surface area contributed by atoms with Crippen molar-refractivity contribution >= 4 is 17.9 Å². The van der Waals surface area contributed by atoms with Crippen LogP contribution >= 0.6 is 11.6 Å². The Morgan fingerprint density at radius 3 is 2.50 bits per heavy atom. The van der Waals surface area contributed by atoms with Gasteiger partial charge in [0.05, 0.1) is 0 Å². The van der Waals surface area contributed by atoms with Gasteiger partial charge in [-0.1, -0.05) is 30.7 Å². The average molecular weight is 183 g/mol. The van der Waals surface area contributed by atoms with Gasteiger partial charge in [-0.05, 0) is 24.1 Å². The second kappa shape index (κ2) is 4.27. The lowest BCUT2D eigenvalue weighted by Gasteiger charge is -2.02. The van der Waals surface area contributed by atoms with Crippen molar-refractivity contribution in [2.24, 2.45) is 5.92 Å². The van der Waals surface area contributed by atoms with Crippen molar-refractivity contribution in [2.45, 2.75) is 13.3 Å². The first-order valence-electron chi connectivity index (χ1n) is 3.92. The molecule has 0 saturated heterocycles. The molecule has 0 aliphatic rings. The van der Waals surface area contributed by atoms with E-state index in [4.69, 9.17) is 11.6 Å². The minimum absolute atomic E-state index is 0.0891. The first-order chi connectivity index (χ1) is 5.72. The average Bonchev–Trinajstić information content (AvgIpc) is 2.09. The van der Waals surface area contributed by atoms with Crippen LogP contribution in [0.25, 0.3) is 0 Å². The fraction of sp³-hybridized carbons (Fsp3) is 0.300. The highest BCUT2D eigenvalue weighted by Crippen LogP contribution is 2.12. The van der Waals surface area contributed by atoms with Crippen LogP contribution in [-0.2, 0) is 11.2 Å². The highest BCUT2D eigenvalue weighted by Gasteiger charge is 2.00. The van der Waals surface area contributed by atoms with Crippen molar-refractivity contribution in [3.05, 3.63) is 34.9 Å². The SMILES string of the molecule is C[C@@H](C=O)Cc1ccc(Cl)cc1. The van der Waals surface area contributed by atoms with E-state index in [1.165, 1.54) is 0 Å². The maximum atomic E-state index is 10.4. The van der Waals surface area contributed by atoms with Gasteiger partial charge in [-0.25, -0.2) is 0 Å². The van der Waals surface area contributed by atoms with Gasteiger partial charge in [0.2, 0.25) is 0 Å². The smallest absolute Gasteiger partial charge is 0.123 e. The molecule has 1 rings (SSSR count). The molecule has 12 heavy (non-hydrogen) atoms. The minimum atomic E-state index is 0.0891. The van der Waals surface area contributed by atoms with Gasteiger partial charge in [0, 0.05) is 10.9 Å². The third kappa shape index (κ3) is 2.67. The Balaban J connectivity index is 2.64. The third-order valence-electron chi connectivity index (χ3n) is 1.70. The van der Waals surface area contributed by atoms with Gasteiger partial charge < -0.3 is 4.79 Å². The molecule has 0 radical (unpaired) electrons. The molecule has 64 valence electrons. The lowest BCUT2D eigenvalue weighted by molar-refractivity contribution is -0.110. The Labute approximate surface area is 77.4 Å². The molecule has 0 bridgehead atoms. The number of benzene rings is 1. The van der Waals surface area contributed by atoms with Crippen LogP contribution in [0.15, 0.2) is 24.3 Å². The van der Waals surface area contributed by atoms with E-state index in [9.17, 15) is 4.79 Å². The summed E-state index contributed by atoms with van der Waals surface area (Å²) in [6.45, 7) is 1.90. The summed E-state index contributed by atoms with van der Waals surface area (Å²) in [6, 6.07) is 7.58. The van der Waals surface area contributed by atoms with Gasteiger partial charge in [0.25, 0.3) is 0 Å². The molecule has 0 heterocycles. The van der Waals surface area contributed by atoms with Gasteiger partial charge >= 0.3 is 0 Å². The van der Waals surface area contributed by atoms with E-state index in [1.807, 2.05) is 31.2 Å². The predicted octanol–water partition coefficient (Wildman–Crippen LogP) is 2.72. The van der Waals surface area contributed by atoms with Crippen molar-refractivity contribution in [1.82, 2.24) is 0 Å². The fourth-order valence-electron chi connectivity index (χ4n) is 1.04. The molecule has 0 amide bonds. The summed E-state index contributed by atoms with van der Waals surface area (Å²) in [4.78, 5) is 10.4. The van der Waals surface area contributed by atoms with Crippen molar-refractivity contribution < 1.29 is 4.79 Å². The van der Waals surface area contributed by atoms with Gasteiger partial charge in [-0.2, -0.15) is 0 Å². The fourth-order valence-corrected chi connectivity index (χ4v) is 1.17. The molecule has 0 N–H and O–H groups in total.